The third-order valence-electron chi connectivity index (χ3n) is 3.90. The number of nitrogens with one attached hydrogen (secondary N) is 1. The van der Waals surface area contributed by atoms with Crippen molar-refractivity contribution in [1.82, 2.24) is 9.55 Å². The lowest BCUT2D eigenvalue weighted by Crippen LogP contribution is -2.33. The van der Waals surface area contributed by atoms with Crippen molar-refractivity contribution >= 4 is 40.1 Å². The Hall–Kier alpha value is -3.26. The van der Waals surface area contributed by atoms with Gasteiger partial charge in [-0.3, -0.25) is 19.0 Å². The normalized spacial score (nSPS) is 11.8. The van der Waals surface area contributed by atoms with Crippen molar-refractivity contribution < 1.29 is 18.7 Å². The molecule has 1 atom stereocenters. The zero-order valence-electron chi connectivity index (χ0n) is 14.7. The molecule has 0 saturated heterocycles. The van der Waals surface area contributed by atoms with Crippen LogP contribution in [0.2, 0.25) is 5.02 Å². The summed E-state index contributed by atoms with van der Waals surface area (Å²) < 4.78 is 19.3. The van der Waals surface area contributed by atoms with E-state index in [-0.39, 0.29) is 16.3 Å². The van der Waals surface area contributed by atoms with Crippen LogP contribution in [-0.2, 0) is 20.9 Å². The zero-order chi connectivity index (χ0) is 20.3. The number of aromatic nitrogens is 2. The number of anilines is 1. The number of rotatable bonds is 5. The van der Waals surface area contributed by atoms with Crippen LogP contribution in [0.15, 0.2) is 53.6 Å². The van der Waals surface area contributed by atoms with Crippen molar-refractivity contribution in [2.24, 2.45) is 0 Å². The number of halogens is 2. The second-order valence-electron chi connectivity index (χ2n) is 5.94. The average Bonchev–Trinajstić information content (AvgIpc) is 2.67. The Morgan fingerprint density at radius 2 is 2.04 bits per heavy atom. The predicted molar refractivity (Wildman–Crippen MR) is 102 cm³/mol. The summed E-state index contributed by atoms with van der Waals surface area (Å²) >= 11 is 5.66. The number of hydrogen-bond acceptors (Lipinski definition) is 5. The summed E-state index contributed by atoms with van der Waals surface area (Å²) in [5.41, 5.74) is 0.387. The minimum atomic E-state index is -1.14. The Balaban J connectivity index is 1.64. The number of fused-ring (bicyclic) bond motifs is 1. The minimum Gasteiger partial charge on any atom is -0.451 e. The number of amides is 1. The number of carbonyl (C=O) groups is 2. The number of carbonyl (C=O) groups excluding carboxylic acids is 2. The number of nitrogens with zero attached hydrogens (tertiary/aromatic N) is 2. The zero-order valence-corrected chi connectivity index (χ0v) is 15.4. The van der Waals surface area contributed by atoms with Gasteiger partial charge >= 0.3 is 5.97 Å². The van der Waals surface area contributed by atoms with Gasteiger partial charge in [0.25, 0.3) is 11.5 Å². The SMILES string of the molecule is C[C@H](OC(=O)Cn1cnc2ccccc2c1=O)C(=O)Nc1ccc(F)c(Cl)c1. The van der Waals surface area contributed by atoms with Crippen molar-refractivity contribution in [3.8, 4) is 0 Å². The second-order valence-corrected chi connectivity index (χ2v) is 6.35. The summed E-state index contributed by atoms with van der Waals surface area (Å²) in [7, 11) is 0. The third kappa shape index (κ3) is 4.34. The molecule has 1 amide bonds. The summed E-state index contributed by atoms with van der Waals surface area (Å²) in [6, 6.07) is 10.4. The van der Waals surface area contributed by atoms with E-state index in [1.807, 2.05) is 0 Å². The van der Waals surface area contributed by atoms with Crippen LogP contribution >= 0.6 is 11.6 Å². The van der Waals surface area contributed by atoms with Gasteiger partial charge in [-0.1, -0.05) is 23.7 Å². The molecule has 9 heteroatoms. The van der Waals surface area contributed by atoms with Crippen LogP contribution in [0.4, 0.5) is 10.1 Å². The van der Waals surface area contributed by atoms with Gasteiger partial charge in [0.1, 0.15) is 12.4 Å². The van der Waals surface area contributed by atoms with Crippen LogP contribution in [0, 0.1) is 5.82 Å². The lowest BCUT2D eigenvalue weighted by Gasteiger charge is -2.14. The van der Waals surface area contributed by atoms with Gasteiger partial charge in [-0.15, -0.1) is 0 Å². The highest BCUT2D eigenvalue weighted by atomic mass is 35.5. The van der Waals surface area contributed by atoms with E-state index >= 15 is 0 Å². The van der Waals surface area contributed by atoms with Gasteiger partial charge in [-0.05, 0) is 37.3 Å². The van der Waals surface area contributed by atoms with Crippen molar-refractivity contribution in [3.05, 3.63) is 70.0 Å². The van der Waals surface area contributed by atoms with Gasteiger partial charge in [0.15, 0.2) is 6.10 Å². The van der Waals surface area contributed by atoms with Crippen LogP contribution in [-0.4, -0.2) is 27.5 Å². The largest absolute Gasteiger partial charge is 0.451 e. The number of hydrogen-bond donors (Lipinski definition) is 1. The fraction of sp³-hybridized carbons (Fsp3) is 0.158. The van der Waals surface area contributed by atoms with E-state index in [0.717, 1.165) is 10.6 Å². The number of esters is 1. The number of benzene rings is 2. The molecule has 1 N–H and O–H groups in total. The van der Waals surface area contributed by atoms with E-state index in [2.05, 4.69) is 10.3 Å². The fourth-order valence-electron chi connectivity index (χ4n) is 2.46. The molecule has 0 aliphatic carbocycles. The van der Waals surface area contributed by atoms with Gasteiger partial charge in [0.05, 0.1) is 22.3 Å². The molecule has 0 radical (unpaired) electrons. The van der Waals surface area contributed by atoms with Gasteiger partial charge in [-0.2, -0.15) is 0 Å². The first-order chi connectivity index (χ1) is 13.3. The summed E-state index contributed by atoms with van der Waals surface area (Å²) in [6.07, 6.45) is 0.109. The number of ether oxygens (including phenoxy) is 1. The molecule has 3 rings (SSSR count). The lowest BCUT2D eigenvalue weighted by atomic mass is 10.2. The molecule has 28 heavy (non-hydrogen) atoms. The molecule has 1 heterocycles. The fourth-order valence-corrected chi connectivity index (χ4v) is 2.64. The molecule has 0 spiro atoms. The van der Waals surface area contributed by atoms with Crippen LogP contribution in [0.1, 0.15) is 6.92 Å². The Morgan fingerprint density at radius 1 is 1.29 bits per heavy atom. The van der Waals surface area contributed by atoms with E-state index in [9.17, 15) is 18.8 Å². The monoisotopic (exact) mass is 403 g/mol. The maximum Gasteiger partial charge on any atom is 0.326 e. The molecule has 0 aliphatic heterocycles. The van der Waals surface area contributed by atoms with E-state index in [1.54, 1.807) is 24.3 Å². The smallest absolute Gasteiger partial charge is 0.326 e. The molecular weight excluding hydrogens is 389 g/mol. The first kappa shape index (κ1) is 19.5. The predicted octanol–water partition coefficient (Wildman–Crippen LogP) is 2.76. The average molecular weight is 404 g/mol. The Labute approximate surface area is 163 Å². The van der Waals surface area contributed by atoms with Crippen molar-refractivity contribution in [3.63, 3.8) is 0 Å². The van der Waals surface area contributed by atoms with Gasteiger partial charge in [0, 0.05) is 5.69 Å². The van der Waals surface area contributed by atoms with Crippen molar-refractivity contribution in [2.45, 2.75) is 19.6 Å². The van der Waals surface area contributed by atoms with Gasteiger partial charge in [0.2, 0.25) is 0 Å². The molecule has 0 fully saturated rings. The molecule has 0 unspecified atom stereocenters. The molecule has 3 aromatic rings. The molecule has 0 saturated carbocycles. The maximum atomic E-state index is 13.2. The molecule has 7 nitrogen and oxygen atoms in total. The highest BCUT2D eigenvalue weighted by Gasteiger charge is 2.19. The van der Waals surface area contributed by atoms with E-state index in [0.29, 0.717) is 10.9 Å². The van der Waals surface area contributed by atoms with Crippen LogP contribution < -0.4 is 10.9 Å². The topological polar surface area (TPSA) is 90.3 Å². The maximum absolute atomic E-state index is 13.2. The van der Waals surface area contributed by atoms with Crippen molar-refractivity contribution in [1.29, 1.82) is 0 Å². The summed E-state index contributed by atoms with van der Waals surface area (Å²) in [6.45, 7) is 0.983. The van der Waals surface area contributed by atoms with E-state index in [4.69, 9.17) is 16.3 Å². The highest BCUT2D eigenvalue weighted by molar-refractivity contribution is 6.31. The van der Waals surface area contributed by atoms with Gasteiger partial charge in [-0.25, -0.2) is 9.37 Å². The third-order valence-corrected chi connectivity index (χ3v) is 4.19. The number of para-hydroxylation sites is 1. The van der Waals surface area contributed by atoms with Crippen LogP contribution in [0.25, 0.3) is 10.9 Å². The van der Waals surface area contributed by atoms with Crippen LogP contribution in [0.5, 0.6) is 0 Å². The standard InChI is InChI=1S/C19H15ClFN3O4/c1-11(18(26)23-12-6-7-15(21)14(20)8-12)28-17(25)9-24-10-22-16-5-3-2-4-13(16)19(24)27/h2-8,10-11H,9H2,1H3,(H,23,26)/t11-/m0/s1. The molecular formula is C19H15ClFN3O4. The first-order valence-corrected chi connectivity index (χ1v) is 8.62. The summed E-state index contributed by atoms with van der Waals surface area (Å²) in [4.78, 5) is 40.7. The Bertz CT molecular complexity index is 1120. The van der Waals surface area contributed by atoms with E-state index in [1.165, 1.54) is 25.4 Å². The lowest BCUT2D eigenvalue weighted by molar-refractivity contribution is -0.153. The molecule has 0 aliphatic rings. The highest BCUT2D eigenvalue weighted by Crippen LogP contribution is 2.19. The summed E-state index contributed by atoms with van der Waals surface area (Å²) in [5, 5.41) is 2.69. The molecule has 1 aromatic heterocycles. The Morgan fingerprint density at radius 3 is 2.79 bits per heavy atom. The van der Waals surface area contributed by atoms with Gasteiger partial charge < -0.3 is 10.1 Å². The quantitative estimate of drug-likeness (QED) is 0.661. The van der Waals surface area contributed by atoms with Crippen LogP contribution in [0.3, 0.4) is 0 Å². The molecule has 2 aromatic carbocycles. The summed E-state index contributed by atoms with van der Waals surface area (Å²) in [5.74, 6) is -2.02. The van der Waals surface area contributed by atoms with Crippen molar-refractivity contribution in [2.75, 3.05) is 5.32 Å². The minimum absolute atomic E-state index is 0.148. The second kappa shape index (κ2) is 8.18. The molecule has 0 bridgehead atoms. The Kier molecular flexibility index (Phi) is 5.70. The molecule has 144 valence electrons. The first-order valence-electron chi connectivity index (χ1n) is 8.24. The van der Waals surface area contributed by atoms with E-state index < -0.39 is 30.3 Å².